The van der Waals surface area contributed by atoms with Crippen molar-refractivity contribution in [1.82, 2.24) is 15.1 Å². The summed E-state index contributed by atoms with van der Waals surface area (Å²) < 4.78 is 4.91. The normalized spacial score (nSPS) is 10.9. The van der Waals surface area contributed by atoms with E-state index in [9.17, 15) is 9.59 Å². The van der Waals surface area contributed by atoms with Gasteiger partial charge in [-0.15, -0.1) is 11.6 Å². The van der Waals surface area contributed by atoms with Crippen molar-refractivity contribution in [3.05, 3.63) is 12.7 Å². The molecule has 0 aromatic carbocycles. The lowest BCUT2D eigenvalue weighted by molar-refractivity contribution is 0.125. The molecule has 0 aliphatic heterocycles. The zero-order valence-corrected chi connectivity index (χ0v) is 12.1. The van der Waals surface area contributed by atoms with E-state index in [2.05, 4.69) is 16.9 Å². The highest BCUT2D eigenvalue weighted by Crippen LogP contribution is 1.98. The molecule has 0 unspecified atom stereocenters. The monoisotopic (exact) mass is 270 g/mol. The molecule has 0 rings (SSSR count). The van der Waals surface area contributed by atoms with Crippen molar-refractivity contribution in [3.8, 4) is 0 Å². The van der Waals surface area contributed by atoms with E-state index in [4.69, 9.17) is 4.74 Å². The van der Waals surface area contributed by atoms with Crippen LogP contribution >= 0.6 is 0 Å². The first kappa shape index (κ1) is 16.9. The van der Waals surface area contributed by atoms with Crippen LogP contribution in [0.5, 0.6) is 0 Å². The molecule has 19 heavy (non-hydrogen) atoms. The van der Waals surface area contributed by atoms with Gasteiger partial charge in [-0.3, -0.25) is 4.90 Å². The molecule has 0 aliphatic rings. The van der Waals surface area contributed by atoms with Crippen LogP contribution in [-0.2, 0) is 4.74 Å². The zero-order chi connectivity index (χ0) is 15.0. The Morgan fingerprint density at radius 2 is 1.95 bits per heavy atom. The third-order valence-corrected chi connectivity index (χ3v) is 1.93. The van der Waals surface area contributed by atoms with Gasteiger partial charge in [0.05, 0.1) is 6.10 Å². The quantitative estimate of drug-likeness (QED) is 0.476. The largest absolute Gasteiger partial charge is 0.445 e. The Hall–Kier alpha value is -2.05. The number of hydrogen-bond donors (Lipinski definition) is 1. The fraction of sp³-hybridized carbons (Fsp3) is 0.583. The predicted octanol–water partition coefficient (Wildman–Crippen LogP) is 1.28. The highest BCUT2D eigenvalue weighted by molar-refractivity contribution is 5.99. The van der Waals surface area contributed by atoms with Gasteiger partial charge in [-0.2, -0.15) is 0 Å². The number of aliphatic imine (C=N–C) groups is 1. The molecule has 0 aliphatic carbocycles. The first-order valence-corrected chi connectivity index (χ1v) is 5.88. The van der Waals surface area contributed by atoms with Crippen molar-refractivity contribution in [3.63, 3.8) is 0 Å². The van der Waals surface area contributed by atoms with Crippen LogP contribution in [0.4, 0.5) is 9.59 Å². The first-order chi connectivity index (χ1) is 8.79. The van der Waals surface area contributed by atoms with Crippen molar-refractivity contribution >= 4 is 18.1 Å². The summed E-state index contributed by atoms with van der Waals surface area (Å²) in [6, 6.07) is -0.385. The summed E-state index contributed by atoms with van der Waals surface area (Å²) in [5.74, 6) is 0.187. The maximum Gasteiger partial charge on any atom is 0.437 e. The number of nitrogens with one attached hydrogen (secondary N) is 1. The molecule has 0 bridgehead atoms. The van der Waals surface area contributed by atoms with Gasteiger partial charge in [-0.25, -0.2) is 9.59 Å². The number of guanidine groups is 1. The number of carbonyl (C=O) groups excluding carboxylic acids is 2. The lowest BCUT2D eigenvalue weighted by Crippen LogP contribution is -2.47. The summed E-state index contributed by atoms with van der Waals surface area (Å²) >= 11 is 0. The van der Waals surface area contributed by atoms with Crippen LogP contribution in [0.3, 0.4) is 0 Å². The third-order valence-electron chi connectivity index (χ3n) is 1.93. The minimum atomic E-state index is -0.734. The molecule has 108 valence electrons. The fourth-order valence-corrected chi connectivity index (χ4v) is 1.15. The number of rotatable bonds is 3. The van der Waals surface area contributed by atoms with E-state index in [0.29, 0.717) is 6.54 Å². The van der Waals surface area contributed by atoms with Gasteiger partial charge in [0.1, 0.15) is 0 Å². The van der Waals surface area contributed by atoms with Crippen LogP contribution in [0.15, 0.2) is 17.6 Å². The van der Waals surface area contributed by atoms with Crippen molar-refractivity contribution in [2.75, 3.05) is 27.7 Å². The Kier molecular flexibility index (Phi) is 7.25. The molecule has 0 saturated carbocycles. The molecule has 0 heterocycles. The highest BCUT2D eigenvalue weighted by Gasteiger charge is 2.18. The molecule has 0 radical (unpaired) electrons. The number of urea groups is 1. The van der Waals surface area contributed by atoms with Gasteiger partial charge in [0, 0.05) is 27.7 Å². The van der Waals surface area contributed by atoms with Crippen molar-refractivity contribution in [1.29, 1.82) is 0 Å². The van der Waals surface area contributed by atoms with E-state index in [0.717, 1.165) is 0 Å². The van der Waals surface area contributed by atoms with Crippen LogP contribution in [0, 0.1) is 0 Å². The van der Waals surface area contributed by atoms with Gasteiger partial charge in [0.25, 0.3) is 0 Å². The van der Waals surface area contributed by atoms with E-state index >= 15 is 0 Å². The Balaban J connectivity index is 4.89. The summed E-state index contributed by atoms with van der Waals surface area (Å²) in [5.41, 5.74) is 0. The van der Waals surface area contributed by atoms with Crippen molar-refractivity contribution < 1.29 is 14.3 Å². The first-order valence-electron chi connectivity index (χ1n) is 5.88. The topological polar surface area (TPSA) is 74.2 Å². The van der Waals surface area contributed by atoms with Gasteiger partial charge in [-0.1, -0.05) is 6.08 Å². The summed E-state index contributed by atoms with van der Waals surface area (Å²) in [6.07, 6.45) is 0.562. The third kappa shape index (κ3) is 6.44. The van der Waals surface area contributed by atoms with Gasteiger partial charge < -0.3 is 15.0 Å². The molecule has 7 nitrogen and oxygen atoms in total. The minimum Gasteiger partial charge on any atom is -0.445 e. The van der Waals surface area contributed by atoms with Crippen LogP contribution in [0.25, 0.3) is 0 Å². The van der Waals surface area contributed by atoms with Crippen LogP contribution in [-0.4, -0.2) is 61.7 Å². The summed E-state index contributed by atoms with van der Waals surface area (Å²) in [4.78, 5) is 29.8. The Morgan fingerprint density at radius 3 is 2.37 bits per heavy atom. The average molecular weight is 270 g/mol. The molecule has 1 N–H and O–H groups in total. The van der Waals surface area contributed by atoms with Gasteiger partial charge >= 0.3 is 12.1 Å². The second-order valence-corrected chi connectivity index (χ2v) is 4.27. The fourth-order valence-electron chi connectivity index (χ4n) is 1.15. The molecule has 3 amide bonds. The minimum absolute atomic E-state index is 0.187. The summed E-state index contributed by atoms with van der Waals surface area (Å²) in [5, 5.41) is 2.59. The Labute approximate surface area is 113 Å². The maximum absolute atomic E-state index is 11.8. The van der Waals surface area contributed by atoms with E-state index in [1.807, 2.05) is 0 Å². The molecule has 0 atom stereocenters. The van der Waals surface area contributed by atoms with Gasteiger partial charge in [-0.05, 0) is 13.8 Å². The number of amides is 3. The molecule has 0 aromatic rings. The molecular formula is C12H22N4O3. The van der Waals surface area contributed by atoms with Gasteiger partial charge in [0.2, 0.25) is 5.96 Å². The Morgan fingerprint density at radius 1 is 1.37 bits per heavy atom. The van der Waals surface area contributed by atoms with Crippen LogP contribution < -0.4 is 5.32 Å². The molecule has 0 spiro atoms. The van der Waals surface area contributed by atoms with E-state index < -0.39 is 6.09 Å². The SMILES string of the molecule is C=CCNC(=O)N(C)/C(=N\C(=O)OC(C)C)N(C)C. The molecule has 0 fully saturated rings. The van der Waals surface area contributed by atoms with E-state index in [1.54, 1.807) is 38.9 Å². The summed E-state index contributed by atoms with van der Waals surface area (Å²) in [6.45, 7) is 7.29. The zero-order valence-electron chi connectivity index (χ0n) is 12.1. The van der Waals surface area contributed by atoms with E-state index in [-0.39, 0.29) is 18.1 Å². The maximum atomic E-state index is 11.8. The summed E-state index contributed by atoms with van der Waals surface area (Å²) in [7, 11) is 4.87. The number of ether oxygens (including phenoxy) is 1. The molecule has 7 heteroatoms. The number of carbonyl (C=O) groups is 2. The molecular weight excluding hydrogens is 248 g/mol. The van der Waals surface area contributed by atoms with Gasteiger partial charge in [0.15, 0.2) is 0 Å². The van der Waals surface area contributed by atoms with E-state index in [1.165, 1.54) is 11.9 Å². The molecule has 0 saturated heterocycles. The van der Waals surface area contributed by atoms with Crippen molar-refractivity contribution in [2.45, 2.75) is 20.0 Å². The number of hydrogen-bond acceptors (Lipinski definition) is 3. The smallest absolute Gasteiger partial charge is 0.437 e. The standard InChI is InChI=1S/C12H22N4O3/c1-7-8-13-11(17)16(6)10(15(4)5)14-12(18)19-9(2)3/h7,9H,1,8H2,2-6H3,(H,13,17)/b14-10-. The second kappa shape index (κ2) is 8.12. The van der Waals surface area contributed by atoms with Crippen LogP contribution in [0.2, 0.25) is 0 Å². The van der Waals surface area contributed by atoms with Crippen molar-refractivity contribution in [2.24, 2.45) is 4.99 Å². The van der Waals surface area contributed by atoms with Crippen LogP contribution in [0.1, 0.15) is 13.8 Å². The highest BCUT2D eigenvalue weighted by atomic mass is 16.6. The second-order valence-electron chi connectivity index (χ2n) is 4.27. The average Bonchev–Trinajstić information content (AvgIpc) is 2.30. The molecule has 0 aromatic heterocycles. The number of nitrogens with zero attached hydrogens (tertiary/aromatic N) is 3. The lowest BCUT2D eigenvalue weighted by Gasteiger charge is -2.24. The lowest BCUT2D eigenvalue weighted by atomic mass is 10.5. The Bertz CT molecular complexity index is 364. The predicted molar refractivity (Wildman–Crippen MR) is 74.1 cm³/mol.